The number of hydrogen-bond acceptors (Lipinski definition) is 3. The van der Waals surface area contributed by atoms with Crippen LogP contribution in [0.5, 0.6) is 0 Å². The highest BCUT2D eigenvalue weighted by molar-refractivity contribution is 5.94. The molecule has 0 spiro atoms. The predicted octanol–water partition coefficient (Wildman–Crippen LogP) is 4.86. The summed E-state index contributed by atoms with van der Waals surface area (Å²) in [5.41, 5.74) is 4.30. The highest BCUT2D eigenvalue weighted by Gasteiger charge is 2.29. The molecule has 1 saturated heterocycles. The van der Waals surface area contributed by atoms with E-state index >= 15 is 0 Å². The van der Waals surface area contributed by atoms with Gasteiger partial charge in [0.05, 0.1) is 5.56 Å². The van der Waals surface area contributed by atoms with Crippen LogP contribution in [0, 0.1) is 17.6 Å². The molecule has 4 rings (SSSR count). The number of amides is 2. The van der Waals surface area contributed by atoms with E-state index < -0.39 is 17.5 Å². The van der Waals surface area contributed by atoms with E-state index in [1.165, 1.54) is 16.5 Å². The van der Waals surface area contributed by atoms with Crippen LogP contribution in [0.25, 0.3) is 11.1 Å². The van der Waals surface area contributed by atoms with Gasteiger partial charge in [-0.2, -0.15) is 0 Å². The lowest BCUT2D eigenvalue weighted by Crippen LogP contribution is -2.43. The van der Waals surface area contributed by atoms with Crippen molar-refractivity contribution in [3.8, 4) is 11.1 Å². The Hall–Kier alpha value is -3.58. The lowest BCUT2D eigenvalue weighted by atomic mass is 9.94. The number of nitrogens with one attached hydrogen (secondary N) is 1. The van der Waals surface area contributed by atoms with Gasteiger partial charge in [0.25, 0.3) is 5.91 Å². The summed E-state index contributed by atoms with van der Waals surface area (Å²) < 4.78 is 27.1. The molecule has 3 aromatic rings. The molecule has 2 amide bonds. The van der Waals surface area contributed by atoms with Gasteiger partial charge in [-0.3, -0.25) is 9.59 Å². The Morgan fingerprint density at radius 2 is 1.67 bits per heavy atom. The first kappa shape index (κ1) is 25.5. The van der Waals surface area contributed by atoms with E-state index in [-0.39, 0.29) is 17.4 Å². The number of carbonyl (C=O) groups is 2. The first-order valence-electron chi connectivity index (χ1n) is 12.2. The zero-order valence-electron chi connectivity index (χ0n) is 20.6. The molecule has 188 valence electrons. The summed E-state index contributed by atoms with van der Waals surface area (Å²) in [5.74, 6) is -2.33. The summed E-state index contributed by atoms with van der Waals surface area (Å²) in [4.78, 5) is 29.2. The third kappa shape index (κ3) is 6.15. The first-order valence-corrected chi connectivity index (χ1v) is 12.2. The van der Waals surface area contributed by atoms with E-state index in [4.69, 9.17) is 0 Å². The molecule has 0 bridgehead atoms. The molecule has 0 unspecified atom stereocenters. The molecule has 1 N–H and O–H groups in total. The molecule has 36 heavy (non-hydrogen) atoms. The second-order valence-corrected chi connectivity index (χ2v) is 9.50. The topological polar surface area (TPSA) is 52.7 Å². The molecule has 0 atom stereocenters. The van der Waals surface area contributed by atoms with Gasteiger partial charge in [-0.05, 0) is 61.3 Å². The van der Waals surface area contributed by atoms with Crippen molar-refractivity contribution in [2.24, 2.45) is 5.92 Å². The minimum absolute atomic E-state index is 0.0498. The van der Waals surface area contributed by atoms with E-state index in [0.717, 1.165) is 29.3 Å². The molecule has 1 aliphatic rings. The number of carbonyl (C=O) groups excluding carboxylic acids is 2. The van der Waals surface area contributed by atoms with Crippen molar-refractivity contribution in [3.63, 3.8) is 0 Å². The molecule has 7 heteroatoms. The lowest BCUT2D eigenvalue weighted by Gasteiger charge is -2.31. The number of nitrogens with zero attached hydrogens (tertiary/aromatic N) is 2. The zero-order valence-corrected chi connectivity index (χ0v) is 20.6. The van der Waals surface area contributed by atoms with Gasteiger partial charge in [0.1, 0.15) is 11.6 Å². The summed E-state index contributed by atoms with van der Waals surface area (Å²) in [7, 11) is 4.08. The van der Waals surface area contributed by atoms with Crippen LogP contribution in [0.2, 0.25) is 0 Å². The van der Waals surface area contributed by atoms with Gasteiger partial charge in [0.2, 0.25) is 5.91 Å². The maximum absolute atomic E-state index is 14.0. The van der Waals surface area contributed by atoms with Gasteiger partial charge in [0.15, 0.2) is 0 Å². The van der Waals surface area contributed by atoms with Crippen molar-refractivity contribution in [1.82, 2.24) is 15.1 Å². The molecule has 0 aliphatic carbocycles. The summed E-state index contributed by atoms with van der Waals surface area (Å²) in [6, 6.07) is 19.4. The van der Waals surface area contributed by atoms with Gasteiger partial charge in [-0.15, -0.1) is 0 Å². The Labute approximate surface area is 210 Å². The summed E-state index contributed by atoms with van der Waals surface area (Å²) in [5, 5.41) is 3.06. The largest absolute Gasteiger partial charge is 0.352 e. The van der Waals surface area contributed by atoms with E-state index in [1.54, 1.807) is 0 Å². The normalized spacial score (nSPS) is 14.2. The van der Waals surface area contributed by atoms with Crippen LogP contribution >= 0.6 is 0 Å². The number of halogens is 2. The molecule has 5 nitrogen and oxygen atoms in total. The SMILES string of the molecule is CN(C)Cc1ccc(-c2ccccc2CNC(=O)C2CCN(C(=O)c3ccc(F)cc3F)CC2)cc1. The summed E-state index contributed by atoms with van der Waals surface area (Å²) >= 11 is 0. The fraction of sp³-hybridized carbons (Fsp3) is 0.310. The van der Waals surface area contributed by atoms with Crippen molar-refractivity contribution >= 4 is 11.8 Å². The van der Waals surface area contributed by atoms with Crippen molar-refractivity contribution in [2.75, 3.05) is 27.2 Å². The number of rotatable bonds is 7. The third-order valence-electron chi connectivity index (χ3n) is 6.55. The number of benzene rings is 3. The van der Waals surface area contributed by atoms with Crippen molar-refractivity contribution < 1.29 is 18.4 Å². The maximum atomic E-state index is 14.0. The van der Waals surface area contributed by atoms with Gasteiger partial charge < -0.3 is 15.1 Å². The molecule has 0 aromatic heterocycles. The quantitative estimate of drug-likeness (QED) is 0.514. The molecule has 1 fully saturated rings. The van der Waals surface area contributed by atoms with Gasteiger partial charge >= 0.3 is 0 Å². The fourth-order valence-corrected chi connectivity index (χ4v) is 4.62. The van der Waals surface area contributed by atoms with E-state index in [9.17, 15) is 18.4 Å². The first-order chi connectivity index (χ1) is 17.3. The third-order valence-corrected chi connectivity index (χ3v) is 6.55. The van der Waals surface area contributed by atoms with E-state index in [2.05, 4.69) is 40.5 Å². The van der Waals surface area contributed by atoms with Crippen molar-refractivity contribution in [2.45, 2.75) is 25.9 Å². The average Bonchev–Trinajstić information content (AvgIpc) is 2.87. The minimum atomic E-state index is -0.870. The molecular weight excluding hydrogens is 460 g/mol. The Kier molecular flexibility index (Phi) is 8.10. The summed E-state index contributed by atoms with van der Waals surface area (Å²) in [6.07, 6.45) is 0.991. The highest BCUT2D eigenvalue weighted by atomic mass is 19.1. The second-order valence-electron chi connectivity index (χ2n) is 9.50. The average molecular weight is 492 g/mol. The van der Waals surface area contributed by atoms with Crippen LogP contribution in [-0.2, 0) is 17.9 Å². The Morgan fingerprint density at radius 1 is 0.972 bits per heavy atom. The molecule has 0 radical (unpaired) electrons. The van der Waals surface area contributed by atoms with Gasteiger partial charge in [-0.1, -0.05) is 48.5 Å². The van der Waals surface area contributed by atoms with Gasteiger partial charge in [0, 0.05) is 38.2 Å². The number of hydrogen-bond donors (Lipinski definition) is 1. The van der Waals surface area contributed by atoms with Crippen molar-refractivity contribution in [3.05, 3.63) is 95.1 Å². The maximum Gasteiger partial charge on any atom is 0.256 e. The Balaban J connectivity index is 1.33. The van der Waals surface area contributed by atoms with E-state index in [0.29, 0.717) is 38.5 Å². The van der Waals surface area contributed by atoms with Crippen LogP contribution < -0.4 is 5.32 Å². The monoisotopic (exact) mass is 491 g/mol. The van der Waals surface area contributed by atoms with Crippen molar-refractivity contribution in [1.29, 1.82) is 0 Å². The second kappa shape index (κ2) is 11.4. The predicted molar refractivity (Wildman–Crippen MR) is 136 cm³/mol. The minimum Gasteiger partial charge on any atom is -0.352 e. The van der Waals surface area contributed by atoms with Crippen LogP contribution in [0.3, 0.4) is 0 Å². The van der Waals surface area contributed by atoms with Crippen LogP contribution in [0.1, 0.15) is 34.3 Å². The number of piperidine rings is 1. The van der Waals surface area contributed by atoms with E-state index in [1.807, 2.05) is 32.3 Å². The molecule has 1 heterocycles. The molecule has 1 aliphatic heterocycles. The number of likely N-dealkylation sites (tertiary alicyclic amines) is 1. The Bertz CT molecular complexity index is 1220. The smallest absolute Gasteiger partial charge is 0.256 e. The molecule has 3 aromatic carbocycles. The lowest BCUT2D eigenvalue weighted by molar-refractivity contribution is -0.126. The van der Waals surface area contributed by atoms with Crippen LogP contribution in [0.15, 0.2) is 66.7 Å². The fourth-order valence-electron chi connectivity index (χ4n) is 4.62. The highest BCUT2D eigenvalue weighted by Crippen LogP contribution is 2.25. The standard InChI is InChI=1S/C29H31F2N3O2/c1-33(2)19-20-7-9-21(10-8-20)25-6-4-3-5-23(25)18-32-28(35)22-13-15-34(16-14-22)29(36)26-12-11-24(30)17-27(26)31/h3-12,17,22H,13-16,18-19H2,1-2H3,(H,32,35). The van der Waals surface area contributed by atoms with Crippen LogP contribution in [-0.4, -0.2) is 48.8 Å². The van der Waals surface area contributed by atoms with Crippen LogP contribution in [0.4, 0.5) is 8.78 Å². The Morgan fingerprint density at radius 3 is 2.33 bits per heavy atom. The molecule has 0 saturated carbocycles. The van der Waals surface area contributed by atoms with Gasteiger partial charge in [-0.25, -0.2) is 8.78 Å². The molecular formula is C29H31F2N3O2. The summed E-state index contributed by atoms with van der Waals surface area (Å²) in [6.45, 7) is 1.99. The zero-order chi connectivity index (χ0) is 25.7.